The van der Waals surface area contributed by atoms with E-state index in [1.165, 1.54) is 12.1 Å². The average molecular weight is 327 g/mol. The lowest BCUT2D eigenvalue weighted by atomic mass is 9.64. The van der Waals surface area contributed by atoms with Crippen molar-refractivity contribution in [1.82, 2.24) is 5.32 Å². The molecule has 0 amide bonds. The Labute approximate surface area is 135 Å². The van der Waals surface area contributed by atoms with Gasteiger partial charge in [-0.3, -0.25) is 4.99 Å². The van der Waals surface area contributed by atoms with Gasteiger partial charge >= 0.3 is 6.18 Å². The van der Waals surface area contributed by atoms with Crippen molar-refractivity contribution >= 4 is 5.96 Å². The van der Waals surface area contributed by atoms with E-state index in [9.17, 15) is 13.2 Å². The molecule has 0 bridgehead atoms. The highest BCUT2D eigenvalue weighted by atomic mass is 19.4. The molecule has 0 atom stereocenters. The number of alkyl halides is 3. The summed E-state index contributed by atoms with van der Waals surface area (Å²) in [6, 6.07) is 5.59. The molecule has 3 nitrogen and oxygen atoms in total. The van der Waals surface area contributed by atoms with Gasteiger partial charge in [0.05, 0.1) is 12.1 Å². The highest BCUT2D eigenvalue weighted by molar-refractivity contribution is 5.78. The lowest BCUT2D eigenvalue weighted by Crippen LogP contribution is -2.46. The fourth-order valence-corrected chi connectivity index (χ4v) is 2.83. The first-order valence-electron chi connectivity index (χ1n) is 7.78. The summed E-state index contributed by atoms with van der Waals surface area (Å²) in [4.78, 5) is 4.37. The van der Waals surface area contributed by atoms with Crippen LogP contribution in [0.4, 0.5) is 13.2 Å². The molecule has 1 aliphatic carbocycles. The molecule has 1 aromatic rings. The Kier molecular flexibility index (Phi) is 4.64. The zero-order chi connectivity index (χ0) is 17.3. The topological polar surface area (TPSA) is 50.4 Å². The molecule has 0 radical (unpaired) electrons. The first kappa shape index (κ1) is 17.6. The average Bonchev–Trinajstić information content (AvgIpc) is 2.34. The Morgan fingerprint density at radius 2 is 1.91 bits per heavy atom. The summed E-state index contributed by atoms with van der Waals surface area (Å²) in [5.41, 5.74) is 5.45. The molecular weight excluding hydrogens is 303 g/mol. The van der Waals surface area contributed by atoms with Gasteiger partial charge in [-0.05, 0) is 45.2 Å². The Morgan fingerprint density at radius 1 is 1.26 bits per heavy atom. The highest BCUT2D eigenvalue weighted by Crippen LogP contribution is 2.45. The summed E-state index contributed by atoms with van der Waals surface area (Å²) in [5, 5.41) is 3.07. The van der Waals surface area contributed by atoms with Crippen molar-refractivity contribution in [2.75, 3.05) is 6.54 Å². The van der Waals surface area contributed by atoms with Crippen molar-refractivity contribution in [2.24, 2.45) is 10.7 Å². The second-order valence-corrected chi connectivity index (χ2v) is 7.29. The summed E-state index contributed by atoms with van der Waals surface area (Å²) in [6.07, 6.45) is -1.66. The summed E-state index contributed by atoms with van der Waals surface area (Å²) in [5.74, 6) is 0.329. The number of hydrogen-bond donors (Lipinski definition) is 2. The molecule has 0 aliphatic heterocycles. The Balaban J connectivity index is 2.20. The zero-order valence-electron chi connectivity index (χ0n) is 13.8. The lowest BCUT2D eigenvalue weighted by molar-refractivity contribution is -0.137. The maximum absolute atomic E-state index is 12.9. The van der Waals surface area contributed by atoms with Crippen LogP contribution in [0.25, 0.3) is 0 Å². The summed E-state index contributed by atoms with van der Waals surface area (Å²) >= 11 is 0. The molecule has 1 fully saturated rings. The fraction of sp³-hybridized carbons (Fsp3) is 0.588. The van der Waals surface area contributed by atoms with Gasteiger partial charge in [-0.2, -0.15) is 13.2 Å². The summed E-state index contributed by atoms with van der Waals surface area (Å²) in [7, 11) is 0. The SMILES string of the molecule is CC(C)(C)NC(N)=NCC1(c2cccc(C(F)(F)F)c2)CCC1. The van der Waals surface area contributed by atoms with E-state index in [0.717, 1.165) is 25.3 Å². The molecule has 0 saturated heterocycles. The van der Waals surface area contributed by atoms with Gasteiger partial charge in [0.15, 0.2) is 5.96 Å². The quantitative estimate of drug-likeness (QED) is 0.655. The minimum Gasteiger partial charge on any atom is -0.370 e. The summed E-state index contributed by atoms with van der Waals surface area (Å²) < 4.78 is 38.8. The van der Waals surface area contributed by atoms with Crippen molar-refractivity contribution in [3.63, 3.8) is 0 Å². The Hall–Kier alpha value is -1.72. The van der Waals surface area contributed by atoms with Crippen LogP contribution in [-0.4, -0.2) is 18.0 Å². The number of guanidine groups is 1. The normalized spacial score (nSPS) is 18.4. The second-order valence-electron chi connectivity index (χ2n) is 7.29. The van der Waals surface area contributed by atoms with Gasteiger partial charge in [-0.25, -0.2) is 0 Å². The van der Waals surface area contributed by atoms with Crippen LogP contribution in [0.1, 0.15) is 51.2 Å². The van der Waals surface area contributed by atoms with Gasteiger partial charge in [0, 0.05) is 11.0 Å². The number of halogens is 3. The largest absolute Gasteiger partial charge is 0.416 e. The molecule has 1 saturated carbocycles. The van der Waals surface area contributed by atoms with Crippen LogP contribution < -0.4 is 11.1 Å². The first-order valence-corrected chi connectivity index (χ1v) is 7.78. The molecule has 1 aliphatic rings. The third kappa shape index (κ3) is 4.39. The lowest BCUT2D eigenvalue weighted by Gasteiger charge is -2.41. The van der Waals surface area contributed by atoms with E-state index in [1.54, 1.807) is 6.07 Å². The Bertz CT molecular complexity index is 581. The molecule has 0 spiro atoms. The predicted octanol–water partition coefficient (Wildman–Crippen LogP) is 3.83. The van der Waals surface area contributed by atoms with Gasteiger partial charge in [0.2, 0.25) is 0 Å². The molecule has 1 aromatic carbocycles. The van der Waals surface area contributed by atoms with Gasteiger partial charge in [0.1, 0.15) is 0 Å². The van der Waals surface area contributed by atoms with Crippen LogP contribution in [0.3, 0.4) is 0 Å². The molecule has 3 N–H and O–H groups in total. The van der Waals surface area contributed by atoms with Gasteiger partial charge < -0.3 is 11.1 Å². The predicted molar refractivity (Wildman–Crippen MR) is 86.4 cm³/mol. The van der Waals surface area contributed by atoms with E-state index in [2.05, 4.69) is 10.3 Å². The summed E-state index contributed by atoms with van der Waals surface area (Å²) in [6.45, 7) is 6.33. The van der Waals surface area contributed by atoms with Crippen molar-refractivity contribution in [2.45, 2.75) is 57.2 Å². The van der Waals surface area contributed by atoms with Gasteiger partial charge in [-0.1, -0.05) is 24.6 Å². The smallest absolute Gasteiger partial charge is 0.370 e. The highest BCUT2D eigenvalue weighted by Gasteiger charge is 2.40. The monoisotopic (exact) mass is 327 g/mol. The van der Waals surface area contributed by atoms with Crippen LogP contribution >= 0.6 is 0 Å². The number of rotatable bonds is 3. The second kappa shape index (κ2) is 6.06. The maximum Gasteiger partial charge on any atom is 0.416 e. The minimum atomic E-state index is -4.32. The molecule has 2 rings (SSSR count). The molecule has 128 valence electrons. The third-order valence-electron chi connectivity index (χ3n) is 4.17. The molecule has 0 aromatic heterocycles. The zero-order valence-corrected chi connectivity index (χ0v) is 13.8. The van der Waals surface area contributed by atoms with Crippen molar-refractivity contribution in [3.8, 4) is 0 Å². The van der Waals surface area contributed by atoms with Crippen LogP contribution in [0.5, 0.6) is 0 Å². The van der Waals surface area contributed by atoms with Crippen molar-refractivity contribution in [1.29, 1.82) is 0 Å². The van der Waals surface area contributed by atoms with E-state index in [-0.39, 0.29) is 11.0 Å². The van der Waals surface area contributed by atoms with Crippen molar-refractivity contribution < 1.29 is 13.2 Å². The molecule has 0 heterocycles. The van der Waals surface area contributed by atoms with Gasteiger partial charge in [-0.15, -0.1) is 0 Å². The molecule has 0 unspecified atom stereocenters. The number of hydrogen-bond acceptors (Lipinski definition) is 1. The van der Waals surface area contributed by atoms with E-state index in [0.29, 0.717) is 18.1 Å². The van der Waals surface area contributed by atoms with Crippen LogP contribution in [0.2, 0.25) is 0 Å². The number of aliphatic imine (C=N–C) groups is 1. The maximum atomic E-state index is 12.9. The number of benzene rings is 1. The van der Waals surface area contributed by atoms with E-state index < -0.39 is 11.7 Å². The number of nitrogens with zero attached hydrogens (tertiary/aromatic N) is 1. The van der Waals surface area contributed by atoms with Gasteiger partial charge in [0.25, 0.3) is 0 Å². The molecular formula is C17H24F3N3. The van der Waals surface area contributed by atoms with Crippen LogP contribution in [0, 0.1) is 0 Å². The fourth-order valence-electron chi connectivity index (χ4n) is 2.83. The standard InChI is InChI=1S/C17H24F3N3/c1-15(2,3)23-14(21)22-11-16(8-5-9-16)12-6-4-7-13(10-12)17(18,19)20/h4,6-7,10H,5,8-9,11H2,1-3H3,(H3,21,22,23). The number of nitrogens with one attached hydrogen (secondary N) is 1. The number of nitrogens with two attached hydrogens (primary N) is 1. The molecule has 6 heteroatoms. The first-order chi connectivity index (χ1) is 10.5. The Morgan fingerprint density at radius 3 is 2.39 bits per heavy atom. The van der Waals surface area contributed by atoms with E-state index in [4.69, 9.17) is 5.73 Å². The van der Waals surface area contributed by atoms with Crippen LogP contribution in [0.15, 0.2) is 29.3 Å². The molecule has 23 heavy (non-hydrogen) atoms. The van der Waals surface area contributed by atoms with Crippen LogP contribution in [-0.2, 0) is 11.6 Å². The third-order valence-corrected chi connectivity index (χ3v) is 4.17. The van der Waals surface area contributed by atoms with E-state index >= 15 is 0 Å². The van der Waals surface area contributed by atoms with Crippen molar-refractivity contribution in [3.05, 3.63) is 35.4 Å². The van der Waals surface area contributed by atoms with E-state index in [1.807, 2.05) is 20.8 Å². The minimum absolute atomic E-state index is 0.198.